The molecule has 0 N–H and O–H groups in total. The van der Waals surface area contributed by atoms with Crippen molar-refractivity contribution in [2.24, 2.45) is 0 Å². The van der Waals surface area contributed by atoms with E-state index in [4.69, 9.17) is 23.6 Å². The average Bonchev–Trinajstić information content (AvgIpc) is 2.97. The minimum atomic E-state index is -2.77. The average molecular weight is 555 g/mol. The Labute approximate surface area is 238 Å². The van der Waals surface area contributed by atoms with Gasteiger partial charge in [-0.15, -0.1) is 0 Å². The fraction of sp³-hybridized carbons (Fsp3) is 0.273. The van der Waals surface area contributed by atoms with E-state index in [1.165, 1.54) is 10.4 Å². The lowest BCUT2D eigenvalue weighted by atomic mass is 10.2. The molecule has 6 nitrogen and oxygen atoms in total. The van der Waals surface area contributed by atoms with E-state index in [9.17, 15) is 0 Å². The molecule has 0 aliphatic heterocycles. The lowest BCUT2D eigenvalue weighted by Crippen LogP contribution is -2.66. The topological polar surface area (TPSA) is 62.7 Å². The van der Waals surface area contributed by atoms with Crippen LogP contribution in [0.5, 0.6) is 11.6 Å². The van der Waals surface area contributed by atoms with E-state index in [-0.39, 0.29) is 11.6 Å². The minimum absolute atomic E-state index is 0.163. The molecule has 0 fully saturated rings. The summed E-state index contributed by atoms with van der Waals surface area (Å²) < 4.78 is 24.3. The highest BCUT2D eigenvalue weighted by Gasteiger charge is 2.50. The van der Waals surface area contributed by atoms with Gasteiger partial charge in [-0.1, -0.05) is 100 Å². The predicted molar refractivity (Wildman–Crippen MR) is 162 cm³/mol. The number of nitrogens with zero attached hydrogens (tertiary/aromatic N) is 2. The second kappa shape index (κ2) is 12.9. The number of aromatic nitrogens is 2. The van der Waals surface area contributed by atoms with Gasteiger partial charge in [-0.05, 0) is 40.0 Å². The summed E-state index contributed by atoms with van der Waals surface area (Å²) in [4.78, 5) is 9.25. The van der Waals surface area contributed by atoms with E-state index in [1.54, 1.807) is 13.3 Å². The molecule has 7 heteroatoms. The molecule has 0 amide bonds. The molecule has 0 saturated carbocycles. The smallest absolute Gasteiger partial charge is 0.261 e. The maximum Gasteiger partial charge on any atom is 0.261 e. The molecule has 0 aliphatic carbocycles. The van der Waals surface area contributed by atoms with Crippen LogP contribution in [0.4, 0.5) is 0 Å². The van der Waals surface area contributed by atoms with E-state index >= 15 is 0 Å². The van der Waals surface area contributed by atoms with Gasteiger partial charge in [0, 0.05) is 6.20 Å². The first-order valence-electron chi connectivity index (χ1n) is 13.5. The van der Waals surface area contributed by atoms with Gasteiger partial charge in [-0.3, -0.25) is 0 Å². The Morgan fingerprint density at radius 1 is 0.850 bits per heavy atom. The second-order valence-electron chi connectivity index (χ2n) is 10.5. The molecule has 0 unspecified atom stereocenters. The van der Waals surface area contributed by atoms with Gasteiger partial charge in [0.2, 0.25) is 5.88 Å². The fourth-order valence-electron chi connectivity index (χ4n) is 4.81. The van der Waals surface area contributed by atoms with Crippen molar-refractivity contribution in [1.82, 2.24) is 9.97 Å². The van der Waals surface area contributed by atoms with Crippen LogP contribution in [-0.2, 0) is 22.4 Å². The summed E-state index contributed by atoms with van der Waals surface area (Å²) in [7, 11) is -1.12. The molecule has 0 radical (unpaired) electrons. The Balaban J connectivity index is 1.71. The van der Waals surface area contributed by atoms with Gasteiger partial charge in [0.15, 0.2) is 11.6 Å². The standard InChI is InChI=1S/C33H38N2O4Si/c1-7-37-25(2)31-34-22-27(32(35-31)38-23-26-18-20-28(36-6)21-19-26)24-39-40(33(3,4)5,29-14-10-8-11-15-29)30-16-12-9-13-17-30/h8-22H,2,7,23-24H2,1,3-6H3. The van der Waals surface area contributed by atoms with Gasteiger partial charge < -0.3 is 18.6 Å². The Kier molecular flexibility index (Phi) is 9.40. The number of rotatable bonds is 12. The van der Waals surface area contributed by atoms with E-state index < -0.39 is 8.32 Å². The molecule has 0 bridgehead atoms. The van der Waals surface area contributed by atoms with Crippen molar-refractivity contribution in [1.29, 1.82) is 0 Å². The van der Waals surface area contributed by atoms with Crippen LogP contribution in [-0.4, -0.2) is 32.0 Å². The normalized spacial score (nSPS) is 11.6. The third kappa shape index (κ3) is 6.43. The van der Waals surface area contributed by atoms with Crippen LogP contribution in [0, 0.1) is 0 Å². The molecule has 1 aromatic heterocycles. The molecule has 208 valence electrons. The molecular weight excluding hydrogens is 516 g/mol. The summed E-state index contributed by atoms with van der Waals surface area (Å²) in [6.07, 6.45) is 1.76. The van der Waals surface area contributed by atoms with Crippen LogP contribution in [0.2, 0.25) is 5.04 Å². The zero-order valence-electron chi connectivity index (χ0n) is 24.0. The van der Waals surface area contributed by atoms with Gasteiger partial charge >= 0.3 is 0 Å². The fourth-order valence-corrected chi connectivity index (χ4v) is 9.34. The highest BCUT2D eigenvalue weighted by Crippen LogP contribution is 2.37. The van der Waals surface area contributed by atoms with Crippen LogP contribution in [0.3, 0.4) is 0 Å². The molecule has 1 heterocycles. The van der Waals surface area contributed by atoms with Crippen molar-refractivity contribution in [3.63, 3.8) is 0 Å². The van der Waals surface area contributed by atoms with Crippen molar-refractivity contribution in [3.8, 4) is 11.6 Å². The molecule has 40 heavy (non-hydrogen) atoms. The zero-order valence-corrected chi connectivity index (χ0v) is 25.0. The first-order chi connectivity index (χ1) is 19.3. The van der Waals surface area contributed by atoms with Crippen LogP contribution < -0.4 is 19.8 Å². The monoisotopic (exact) mass is 554 g/mol. The molecule has 0 atom stereocenters. The summed E-state index contributed by atoms with van der Waals surface area (Å²) in [5.74, 6) is 2.03. The van der Waals surface area contributed by atoms with Crippen molar-refractivity contribution in [3.05, 3.63) is 115 Å². The van der Waals surface area contributed by atoms with E-state index in [2.05, 4.69) is 80.9 Å². The quantitative estimate of drug-likeness (QED) is 0.155. The van der Waals surface area contributed by atoms with Gasteiger partial charge in [-0.2, -0.15) is 4.98 Å². The summed E-state index contributed by atoms with van der Waals surface area (Å²) in [6, 6.07) is 28.9. The number of benzene rings is 3. The number of methoxy groups -OCH3 is 1. The van der Waals surface area contributed by atoms with E-state index in [1.807, 2.05) is 43.3 Å². The first kappa shape index (κ1) is 29.0. The SMILES string of the molecule is C=C(OCC)c1ncc(CO[Si](c2ccccc2)(c2ccccc2)C(C)(C)C)c(OCc2ccc(OC)cc2)n1. The number of hydrogen-bond donors (Lipinski definition) is 0. The lowest BCUT2D eigenvalue weighted by Gasteiger charge is -2.43. The Hall–Kier alpha value is -3.94. The van der Waals surface area contributed by atoms with Crippen molar-refractivity contribution in [2.45, 2.75) is 45.9 Å². The summed E-state index contributed by atoms with van der Waals surface area (Å²) >= 11 is 0. The Morgan fingerprint density at radius 2 is 1.45 bits per heavy atom. The maximum absolute atomic E-state index is 7.13. The molecule has 4 aromatic rings. The molecule has 0 saturated heterocycles. The van der Waals surface area contributed by atoms with E-state index in [0.717, 1.165) is 16.9 Å². The van der Waals surface area contributed by atoms with Gasteiger partial charge in [0.05, 0.1) is 25.9 Å². The van der Waals surface area contributed by atoms with Gasteiger partial charge in [0.25, 0.3) is 8.32 Å². The molecule has 0 aliphatic rings. The third-order valence-electron chi connectivity index (χ3n) is 6.79. The Morgan fingerprint density at radius 3 is 1.98 bits per heavy atom. The minimum Gasteiger partial charge on any atom is -0.497 e. The van der Waals surface area contributed by atoms with Crippen molar-refractivity contribution < 1.29 is 18.6 Å². The summed E-state index contributed by atoms with van der Waals surface area (Å²) in [6.45, 7) is 13.7. The first-order valence-corrected chi connectivity index (χ1v) is 15.4. The maximum atomic E-state index is 7.13. The Bertz CT molecular complexity index is 1350. The van der Waals surface area contributed by atoms with Crippen LogP contribution >= 0.6 is 0 Å². The highest BCUT2D eigenvalue weighted by molar-refractivity contribution is 6.99. The van der Waals surface area contributed by atoms with Crippen LogP contribution in [0.15, 0.2) is 97.7 Å². The van der Waals surface area contributed by atoms with Crippen molar-refractivity contribution in [2.75, 3.05) is 13.7 Å². The molecular formula is C33H38N2O4Si. The molecule has 0 spiro atoms. The lowest BCUT2D eigenvalue weighted by molar-refractivity contribution is 0.254. The summed E-state index contributed by atoms with van der Waals surface area (Å²) in [5, 5.41) is 2.25. The van der Waals surface area contributed by atoms with E-state index in [0.29, 0.717) is 30.7 Å². The second-order valence-corrected chi connectivity index (χ2v) is 14.8. The molecule has 4 rings (SSSR count). The third-order valence-corrected chi connectivity index (χ3v) is 11.8. The van der Waals surface area contributed by atoms with Crippen LogP contribution in [0.25, 0.3) is 5.76 Å². The van der Waals surface area contributed by atoms with Crippen LogP contribution in [0.1, 0.15) is 44.6 Å². The number of hydrogen-bond acceptors (Lipinski definition) is 6. The summed E-state index contributed by atoms with van der Waals surface area (Å²) in [5.41, 5.74) is 1.75. The zero-order chi connectivity index (χ0) is 28.6. The largest absolute Gasteiger partial charge is 0.497 e. The van der Waals surface area contributed by atoms with Gasteiger partial charge in [0.1, 0.15) is 12.4 Å². The molecule has 3 aromatic carbocycles. The van der Waals surface area contributed by atoms with Crippen molar-refractivity contribution >= 4 is 24.5 Å². The van der Waals surface area contributed by atoms with Gasteiger partial charge in [-0.25, -0.2) is 4.98 Å². The number of ether oxygens (including phenoxy) is 3. The highest BCUT2D eigenvalue weighted by atomic mass is 28.4. The predicted octanol–water partition coefficient (Wildman–Crippen LogP) is 6.15.